The summed E-state index contributed by atoms with van der Waals surface area (Å²) < 4.78 is 0. The topological polar surface area (TPSA) is 84.4 Å². The number of nitrogens with zero attached hydrogens (tertiary/aromatic N) is 2. The number of likely N-dealkylation sites (N-methyl/N-ethyl adjacent to an activating group) is 1. The third kappa shape index (κ3) is 3.35. The van der Waals surface area contributed by atoms with Crippen molar-refractivity contribution >= 4 is 17.1 Å². The number of piperidine rings is 1. The number of hydrogen-bond donors (Lipinski definition) is 2. The normalized spacial score (nSPS) is 20.2. The highest BCUT2D eigenvalue weighted by atomic mass is 16.6. The molecule has 0 spiro atoms. The van der Waals surface area contributed by atoms with Gasteiger partial charge in [0, 0.05) is 24.7 Å². The molecule has 1 aliphatic heterocycles. The lowest BCUT2D eigenvalue weighted by Crippen LogP contribution is -2.41. The summed E-state index contributed by atoms with van der Waals surface area (Å²) in [4.78, 5) is 12.6. The van der Waals surface area contributed by atoms with E-state index in [1.807, 2.05) is 0 Å². The Balaban J connectivity index is 2.04. The van der Waals surface area contributed by atoms with E-state index in [1.54, 1.807) is 6.07 Å². The average Bonchev–Trinajstić information content (AvgIpc) is 2.41. The first-order chi connectivity index (χ1) is 9.10. The molecule has 1 aromatic rings. The molecule has 1 heterocycles. The van der Waals surface area contributed by atoms with Crippen molar-refractivity contribution in [3.8, 4) is 0 Å². The molecule has 0 radical (unpaired) electrons. The van der Waals surface area contributed by atoms with E-state index in [9.17, 15) is 10.1 Å². The van der Waals surface area contributed by atoms with Gasteiger partial charge in [0.25, 0.3) is 5.69 Å². The first-order valence-corrected chi connectivity index (χ1v) is 6.63. The summed E-state index contributed by atoms with van der Waals surface area (Å²) in [5.74, 6) is 0. The van der Waals surface area contributed by atoms with Crippen LogP contribution in [0.2, 0.25) is 0 Å². The lowest BCUT2D eigenvalue weighted by atomic mass is 10.1. The molecule has 104 valence electrons. The molecule has 6 nitrogen and oxygen atoms in total. The van der Waals surface area contributed by atoms with Gasteiger partial charge in [-0.1, -0.05) is 6.92 Å². The van der Waals surface area contributed by atoms with Gasteiger partial charge in [-0.15, -0.1) is 0 Å². The smallest absolute Gasteiger partial charge is 0.271 e. The Hall–Kier alpha value is -1.82. The van der Waals surface area contributed by atoms with Gasteiger partial charge in [-0.3, -0.25) is 10.1 Å². The van der Waals surface area contributed by atoms with Crippen LogP contribution in [0.15, 0.2) is 18.2 Å². The summed E-state index contributed by atoms with van der Waals surface area (Å²) in [6.07, 6.45) is 2.27. The maximum atomic E-state index is 10.7. The van der Waals surface area contributed by atoms with Gasteiger partial charge in [0.1, 0.15) is 0 Å². The van der Waals surface area contributed by atoms with Gasteiger partial charge in [0.15, 0.2) is 0 Å². The zero-order valence-corrected chi connectivity index (χ0v) is 11.1. The van der Waals surface area contributed by atoms with E-state index in [-0.39, 0.29) is 5.69 Å². The fourth-order valence-electron chi connectivity index (χ4n) is 2.48. The second-order valence-corrected chi connectivity index (χ2v) is 4.91. The van der Waals surface area contributed by atoms with E-state index >= 15 is 0 Å². The number of nitrogens with two attached hydrogens (primary N) is 1. The second-order valence-electron chi connectivity index (χ2n) is 4.91. The standard InChI is InChI=1S/C13H20N4O2/c1-2-16-7-3-4-10(9-16)15-13-6-5-11(17(18)19)8-12(13)14/h5-6,8,10,15H,2-4,7,9,14H2,1H3. The van der Waals surface area contributed by atoms with Crippen molar-refractivity contribution in [3.63, 3.8) is 0 Å². The van der Waals surface area contributed by atoms with E-state index in [2.05, 4.69) is 17.1 Å². The molecule has 2 rings (SSSR count). The highest BCUT2D eigenvalue weighted by molar-refractivity contribution is 5.69. The third-order valence-electron chi connectivity index (χ3n) is 3.56. The van der Waals surface area contributed by atoms with Crippen LogP contribution >= 0.6 is 0 Å². The fourth-order valence-corrected chi connectivity index (χ4v) is 2.48. The summed E-state index contributed by atoms with van der Waals surface area (Å²) >= 11 is 0. The highest BCUT2D eigenvalue weighted by Gasteiger charge is 2.19. The highest BCUT2D eigenvalue weighted by Crippen LogP contribution is 2.26. The predicted molar refractivity (Wildman–Crippen MR) is 76.3 cm³/mol. The molecule has 1 aliphatic rings. The van der Waals surface area contributed by atoms with Crippen molar-refractivity contribution in [2.45, 2.75) is 25.8 Å². The molecule has 1 aromatic carbocycles. The quantitative estimate of drug-likeness (QED) is 0.494. The third-order valence-corrected chi connectivity index (χ3v) is 3.56. The van der Waals surface area contributed by atoms with Gasteiger partial charge < -0.3 is 16.0 Å². The van der Waals surface area contributed by atoms with Crippen molar-refractivity contribution in [1.82, 2.24) is 4.90 Å². The zero-order chi connectivity index (χ0) is 13.8. The zero-order valence-electron chi connectivity index (χ0n) is 11.1. The lowest BCUT2D eigenvalue weighted by Gasteiger charge is -2.33. The van der Waals surface area contributed by atoms with Crippen LogP contribution in [0.5, 0.6) is 0 Å². The number of rotatable bonds is 4. The Kier molecular flexibility index (Phi) is 4.21. The van der Waals surface area contributed by atoms with Crippen LogP contribution in [0.4, 0.5) is 17.1 Å². The van der Waals surface area contributed by atoms with Crippen molar-refractivity contribution in [3.05, 3.63) is 28.3 Å². The Morgan fingerprint density at radius 3 is 3.00 bits per heavy atom. The number of hydrogen-bond acceptors (Lipinski definition) is 5. The molecule has 19 heavy (non-hydrogen) atoms. The Morgan fingerprint density at radius 1 is 1.58 bits per heavy atom. The maximum Gasteiger partial charge on any atom is 0.271 e. The van der Waals surface area contributed by atoms with Gasteiger partial charge in [-0.2, -0.15) is 0 Å². The number of benzene rings is 1. The number of nitro benzene ring substituents is 1. The fraction of sp³-hybridized carbons (Fsp3) is 0.538. The molecule has 1 unspecified atom stereocenters. The van der Waals surface area contributed by atoms with Crippen molar-refractivity contribution in [2.75, 3.05) is 30.7 Å². The van der Waals surface area contributed by atoms with E-state index in [4.69, 9.17) is 5.73 Å². The van der Waals surface area contributed by atoms with Crippen LogP contribution in [0, 0.1) is 10.1 Å². The summed E-state index contributed by atoms with van der Waals surface area (Å²) in [6.45, 7) is 5.34. The maximum absolute atomic E-state index is 10.7. The molecule has 1 saturated heterocycles. The van der Waals surface area contributed by atoms with Gasteiger partial charge in [-0.05, 0) is 32.0 Å². The van der Waals surface area contributed by atoms with E-state index in [0.29, 0.717) is 11.7 Å². The van der Waals surface area contributed by atoms with Gasteiger partial charge in [-0.25, -0.2) is 0 Å². The largest absolute Gasteiger partial charge is 0.397 e. The Labute approximate surface area is 112 Å². The monoisotopic (exact) mass is 264 g/mol. The van der Waals surface area contributed by atoms with Crippen molar-refractivity contribution in [1.29, 1.82) is 0 Å². The molecule has 0 saturated carbocycles. The number of nitrogen functional groups attached to an aromatic ring is 1. The molecular formula is C13H20N4O2. The number of nitro groups is 1. The van der Waals surface area contributed by atoms with Crippen molar-refractivity contribution in [2.24, 2.45) is 0 Å². The van der Waals surface area contributed by atoms with Crippen LogP contribution in [-0.4, -0.2) is 35.5 Å². The van der Waals surface area contributed by atoms with Crippen LogP contribution < -0.4 is 11.1 Å². The average molecular weight is 264 g/mol. The van der Waals surface area contributed by atoms with Crippen LogP contribution in [0.3, 0.4) is 0 Å². The van der Waals surface area contributed by atoms with Crippen LogP contribution in [0.1, 0.15) is 19.8 Å². The molecule has 1 fully saturated rings. The Morgan fingerprint density at radius 2 is 2.37 bits per heavy atom. The number of anilines is 2. The molecule has 0 aromatic heterocycles. The Bertz CT molecular complexity index is 464. The SMILES string of the molecule is CCN1CCCC(Nc2ccc([N+](=O)[O-])cc2N)C1. The first kappa shape index (κ1) is 13.6. The summed E-state index contributed by atoms with van der Waals surface area (Å²) in [6, 6.07) is 4.94. The molecule has 0 amide bonds. The molecule has 1 atom stereocenters. The minimum atomic E-state index is -0.431. The summed E-state index contributed by atoms with van der Waals surface area (Å²) in [7, 11) is 0. The first-order valence-electron chi connectivity index (χ1n) is 6.63. The van der Waals surface area contributed by atoms with Gasteiger partial charge in [0.05, 0.1) is 16.3 Å². The van der Waals surface area contributed by atoms with E-state index < -0.39 is 4.92 Å². The molecular weight excluding hydrogens is 244 g/mol. The number of non-ortho nitro benzene ring substituents is 1. The molecule has 6 heteroatoms. The number of nitrogens with one attached hydrogen (secondary N) is 1. The van der Waals surface area contributed by atoms with Gasteiger partial charge in [0.2, 0.25) is 0 Å². The van der Waals surface area contributed by atoms with Crippen LogP contribution in [-0.2, 0) is 0 Å². The number of likely N-dealkylation sites (tertiary alicyclic amines) is 1. The van der Waals surface area contributed by atoms with Crippen LogP contribution in [0.25, 0.3) is 0 Å². The van der Waals surface area contributed by atoms with Crippen molar-refractivity contribution < 1.29 is 4.92 Å². The summed E-state index contributed by atoms with van der Waals surface area (Å²) in [5, 5.41) is 14.0. The molecule has 0 bridgehead atoms. The van der Waals surface area contributed by atoms with E-state index in [1.165, 1.54) is 18.6 Å². The lowest BCUT2D eigenvalue weighted by molar-refractivity contribution is -0.384. The summed E-state index contributed by atoms with van der Waals surface area (Å²) in [5.41, 5.74) is 7.11. The molecule has 0 aliphatic carbocycles. The minimum absolute atomic E-state index is 0.0295. The molecule has 3 N–H and O–H groups in total. The van der Waals surface area contributed by atoms with E-state index in [0.717, 1.165) is 31.7 Å². The predicted octanol–water partition coefficient (Wildman–Crippen LogP) is 2.07. The van der Waals surface area contributed by atoms with Gasteiger partial charge >= 0.3 is 0 Å². The second kappa shape index (κ2) is 5.88. The minimum Gasteiger partial charge on any atom is -0.397 e.